The van der Waals surface area contributed by atoms with E-state index in [0.717, 1.165) is 41.5 Å². The summed E-state index contributed by atoms with van der Waals surface area (Å²) in [4.78, 5) is 6.46. The van der Waals surface area contributed by atoms with Crippen LogP contribution in [-0.4, -0.2) is 18.6 Å². The molecule has 4 rings (SSSR count). The van der Waals surface area contributed by atoms with Crippen molar-refractivity contribution in [3.8, 4) is 5.75 Å². The van der Waals surface area contributed by atoms with Gasteiger partial charge in [0.2, 0.25) is 5.13 Å². The molecule has 0 radical (unpaired) electrons. The van der Waals surface area contributed by atoms with Crippen molar-refractivity contribution in [2.75, 3.05) is 18.6 Å². The van der Waals surface area contributed by atoms with E-state index < -0.39 is 0 Å². The number of methoxy groups -OCH3 is 1. The van der Waals surface area contributed by atoms with E-state index in [-0.39, 0.29) is 24.8 Å². The molecule has 0 N–H and O–H groups in total. The van der Waals surface area contributed by atoms with E-state index in [9.17, 15) is 0 Å². The number of thiazole rings is 1. The van der Waals surface area contributed by atoms with E-state index in [1.807, 2.05) is 23.6 Å². The number of hydrogen-bond donors (Lipinski definition) is 0. The number of benzene rings is 2. The molecule has 4 aromatic rings. The summed E-state index contributed by atoms with van der Waals surface area (Å²) >= 11 is 1.47. The Kier molecular flexibility index (Phi) is 10.4. The zero-order valence-corrected chi connectivity index (χ0v) is 21.6. The molecule has 0 amide bonds. The lowest BCUT2D eigenvalue weighted by Crippen LogP contribution is -3.00. The average molecular weight is 516 g/mol. The van der Waals surface area contributed by atoms with Crippen molar-refractivity contribution >= 4 is 45.9 Å². The maximum atomic E-state index is 5.34. The third-order valence-corrected chi connectivity index (χ3v) is 5.83. The van der Waals surface area contributed by atoms with Gasteiger partial charge in [-0.25, -0.2) is 9.55 Å². The average Bonchev–Trinajstić information content (AvgIpc) is 3.34. The molecule has 34 heavy (non-hydrogen) atoms. The van der Waals surface area contributed by atoms with Gasteiger partial charge >= 0.3 is 0 Å². The van der Waals surface area contributed by atoms with E-state index >= 15 is 0 Å². The fourth-order valence-corrected chi connectivity index (χ4v) is 3.80. The standard InChI is InChI=1S/C25H26N5OS.2ClH/c1-19-10-13-29(14-11-19)15-16-30(21-4-7-23(31-3)8-5-21)22-6-9-24(20(2)18-22)27-28-25-26-12-17-32-25;;/h4-14,17-18H,15-16H2,1-3H3;2*1H/q+1;;/p-1. The van der Waals surface area contributed by atoms with E-state index in [1.165, 1.54) is 16.9 Å². The van der Waals surface area contributed by atoms with E-state index in [1.54, 1.807) is 13.3 Å². The highest BCUT2D eigenvalue weighted by molar-refractivity contribution is 7.13. The number of aromatic nitrogens is 2. The lowest BCUT2D eigenvalue weighted by Gasteiger charge is -2.24. The highest BCUT2D eigenvalue weighted by Crippen LogP contribution is 2.31. The van der Waals surface area contributed by atoms with Crippen LogP contribution in [0.25, 0.3) is 0 Å². The fraction of sp³-hybridized carbons (Fsp3) is 0.200. The number of nitrogens with zero attached hydrogens (tertiary/aromatic N) is 5. The second-order valence-corrected chi connectivity index (χ2v) is 8.32. The minimum absolute atomic E-state index is 0. The Morgan fingerprint density at radius 2 is 1.68 bits per heavy atom. The van der Waals surface area contributed by atoms with Gasteiger partial charge in [0, 0.05) is 35.1 Å². The second-order valence-electron chi connectivity index (χ2n) is 7.45. The Labute approximate surface area is 216 Å². The molecular formula is C25H27Cl2N5OS. The highest BCUT2D eigenvalue weighted by atomic mass is 35.5. The zero-order valence-electron chi connectivity index (χ0n) is 19.3. The lowest BCUT2D eigenvalue weighted by molar-refractivity contribution is -0.694. The largest absolute Gasteiger partial charge is 1.00 e. The van der Waals surface area contributed by atoms with Crippen LogP contribution in [0.1, 0.15) is 11.1 Å². The highest BCUT2D eigenvalue weighted by Gasteiger charge is 2.14. The zero-order chi connectivity index (χ0) is 22.3. The Morgan fingerprint density at radius 3 is 2.29 bits per heavy atom. The van der Waals surface area contributed by atoms with Gasteiger partial charge < -0.3 is 22.0 Å². The molecule has 2 heterocycles. The van der Waals surface area contributed by atoms with Gasteiger partial charge in [-0.2, -0.15) is 0 Å². The first kappa shape index (κ1) is 27.2. The minimum Gasteiger partial charge on any atom is -1.00 e. The first-order chi connectivity index (χ1) is 15.6. The van der Waals surface area contributed by atoms with E-state index in [2.05, 4.69) is 87.3 Å². The van der Waals surface area contributed by atoms with E-state index in [4.69, 9.17) is 4.74 Å². The van der Waals surface area contributed by atoms with Gasteiger partial charge in [-0.3, -0.25) is 0 Å². The number of halogens is 2. The number of aryl methyl sites for hydroxylation is 2. The third-order valence-electron chi connectivity index (χ3n) is 5.18. The summed E-state index contributed by atoms with van der Waals surface area (Å²) in [6.07, 6.45) is 5.97. The van der Waals surface area contributed by atoms with Crippen LogP contribution in [0, 0.1) is 13.8 Å². The number of rotatable bonds is 8. The van der Waals surface area contributed by atoms with Gasteiger partial charge in [0.1, 0.15) is 5.75 Å². The molecule has 6 nitrogen and oxygen atoms in total. The maximum Gasteiger partial charge on any atom is 0.229 e. The van der Waals surface area contributed by atoms with Crippen LogP contribution in [0.4, 0.5) is 22.2 Å². The SMILES string of the molecule is COc1ccc(N(CC[n+]2ccc(C)cc2)c2ccc(N=Nc3nccs3)c(C)c2)cc1.Cl.[Cl-]. The Bertz CT molecular complexity index is 1180. The molecular weight excluding hydrogens is 489 g/mol. The number of ether oxygens (including phenoxy) is 1. The summed E-state index contributed by atoms with van der Waals surface area (Å²) in [5.41, 5.74) is 5.37. The predicted molar refractivity (Wildman–Crippen MR) is 136 cm³/mol. The Hall–Kier alpha value is -3.00. The lowest BCUT2D eigenvalue weighted by atomic mass is 10.1. The van der Waals surface area contributed by atoms with Gasteiger partial charge in [-0.15, -0.1) is 34.0 Å². The Balaban J connectivity index is 0.00000204. The van der Waals surface area contributed by atoms with Crippen LogP contribution in [0.2, 0.25) is 0 Å². The predicted octanol–water partition coefficient (Wildman–Crippen LogP) is 3.74. The molecule has 2 aromatic heterocycles. The first-order valence-corrected chi connectivity index (χ1v) is 11.3. The van der Waals surface area contributed by atoms with Crippen molar-refractivity contribution in [3.63, 3.8) is 0 Å². The molecule has 2 aromatic carbocycles. The summed E-state index contributed by atoms with van der Waals surface area (Å²) in [5, 5.41) is 11.2. The monoisotopic (exact) mass is 515 g/mol. The van der Waals surface area contributed by atoms with Gasteiger partial charge in [0.05, 0.1) is 19.3 Å². The van der Waals surface area contributed by atoms with Crippen molar-refractivity contribution in [1.29, 1.82) is 0 Å². The van der Waals surface area contributed by atoms with Crippen LogP contribution in [0.5, 0.6) is 5.75 Å². The second kappa shape index (κ2) is 13.0. The molecule has 0 aliphatic rings. The number of anilines is 2. The maximum absolute atomic E-state index is 5.34. The van der Waals surface area contributed by atoms with Gasteiger partial charge in [-0.05, 0) is 67.4 Å². The molecule has 0 bridgehead atoms. The third kappa shape index (κ3) is 7.00. The molecule has 0 aliphatic heterocycles. The van der Waals surface area contributed by atoms with Crippen LogP contribution < -0.4 is 26.6 Å². The summed E-state index contributed by atoms with van der Waals surface area (Å²) in [6.45, 7) is 5.83. The summed E-state index contributed by atoms with van der Waals surface area (Å²) in [7, 11) is 1.68. The summed E-state index contributed by atoms with van der Waals surface area (Å²) in [5.74, 6) is 0.843. The molecule has 9 heteroatoms. The first-order valence-electron chi connectivity index (χ1n) is 10.4. The molecule has 0 saturated heterocycles. The minimum atomic E-state index is 0. The molecule has 0 saturated carbocycles. The number of azo groups is 1. The van der Waals surface area contributed by atoms with Crippen molar-refractivity contribution in [3.05, 3.63) is 89.7 Å². The molecule has 0 fully saturated rings. The molecule has 0 atom stereocenters. The quantitative estimate of drug-likeness (QED) is 0.265. The molecule has 0 unspecified atom stereocenters. The molecule has 178 valence electrons. The number of hydrogen-bond acceptors (Lipinski definition) is 6. The topological polar surface area (TPSA) is 54.0 Å². The van der Waals surface area contributed by atoms with Gasteiger partial charge in [0.15, 0.2) is 18.9 Å². The summed E-state index contributed by atoms with van der Waals surface area (Å²) < 4.78 is 7.54. The van der Waals surface area contributed by atoms with Crippen LogP contribution in [-0.2, 0) is 6.54 Å². The molecule has 0 spiro atoms. The van der Waals surface area contributed by atoms with E-state index in [0.29, 0.717) is 5.13 Å². The van der Waals surface area contributed by atoms with Crippen LogP contribution in [0.3, 0.4) is 0 Å². The molecule has 0 aliphatic carbocycles. The van der Waals surface area contributed by atoms with Crippen LogP contribution in [0.15, 0.2) is 88.8 Å². The van der Waals surface area contributed by atoms with Crippen molar-refractivity contribution in [1.82, 2.24) is 4.98 Å². The van der Waals surface area contributed by atoms with Crippen LogP contribution >= 0.6 is 23.7 Å². The summed E-state index contributed by atoms with van der Waals surface area (Å²) in [6, 6.07) is 18.7. The van der Waals surface area contributed by atoms with Crippen molar-refractivity contribution in [2.24, 2.45) is 10.2 Å². The Morgan fingerprint density at radius 1 is 0.971 bits per heavy atom. The van der Waals surface area contributed by atoms with Crippen molar-refractivity contribution < 1.29 is 21.7 Å². The normalized spacial score (nSPS) is 10.4. The van der Waals surface area contributed by atoms with Crippen molar-refractivity contribution in [2.45, 2.75) is 20.4 Å². The van der Waals surface area contributed by atoms with Gasteiger partial charge in [-0.1, -0.05) is 0 Å². The fourth-order valence-electron chi connectivity index (χ4n) is 3.35. The number of pyridine rings is 1. The smallest absolute Gasteiger partial charge is 0.229 e. The van der Waals surface area contributed by atoms with Gasteiger partial charge in [0.25, 0.3) is 0 Å².